The summed E-state index contributed by atoms with van der Waals surface area (Å²) in [7, 11) is 0. The Kier molecular flexibility index (Phi) is 8.75. The Balaban J connectivity index is 1.41. The molecule has 4 rings (SSSR count). The fraction of sp³-hybridized carbons (Fsp3) is 0.214. The predicted octanol–water partition coefficient (Wildman–Crippen LogP) is 5.53. The first-order chi connectivity index (χ1) is 18.4. The Morgan fingerprint density at radius 3 is 2.58 bits per heavy atom. The summed E-state index contributed by atoms with van der Waals surface area (Å²) in [5.74, 6) is -0.887. The summed E-state index contributed by atoms with van der Waals surface area (Å²) in [6.45, 7) is 2.50. The van der Waals surface area contributed by atoms with E-state index in [0.717, 1.165) is 41.2 Å². The van der Waals surface area contributed by atoms with Crippen molar-refractivity contribution in [2.45, 2.75) is 31.1 Å². The molecule has 1 heterocycles. The number of urea groups is 1. The summed E-state index contributed by atoms with van der Waals surface area (Å²) in [5, 5.41) is 15.6. The summed E-state index contributed by atoms with van der Waals surface area (Å²) in [5.41, 5.74) is 5.49. The predicted molar refractivity (Wildman–Crippen MR) is 147 cm³/mol. The number of carbonyl (C=O) groups excluding carboxylic acids is 2. The average molecular weight is 535 g/mol. The van der Waals surface area contributed by atoms with Crippen LogP contribution < -0.4 is 15.6 Å². The molecule has 3 N–H and O–H groups in total. The zero-order valence-corrected chi connectivity index (χ0v) is 21.6. The number of hydrogen-bond donors (Lipinski definition) is 3. The summed E-state index contributed by atoms with van der Waals surface area (Å²) < 4.78 is 13.4. The van der Waals surface area contributed by atoms with Gasteiger partial charge in [0.15, 0.2) is 5.71 Å². The number of nitrogens with one attached hydrogen (secondary N) is 2. The summed E-state index contributed by atoms with van der Waals surface area (Å²) >= 11 is 1.64. The molecule has 0 aliphatic carbocycles. The van der Waals surface area contributed by atoms with Gasteiger partial charge >= 0.3 is 12.0 Å². The zero-order chi connectivity index (χ0) is 27.1. The molecule has 0 saturated heterocycles. The van der Waals surface area contributed by atoms with Gasteiger partial charge in [-0.3, -0.25) is 4.79 Å². The maximum atomic E-state index is 13.4. The van der Waals surface area contributed by atoms with E-state index in [0.29, 0.717) is 12.1 Å². The molecule has 0 aromatic heterocycles. The molecule has 196 valence electrons. The third-order valence-electron chi connectivity index (χ3n) is 5.84. The largest absolute Gasteiger partial charge is 0.478 e. The molecule has 0 unspecified atom stereocenters. The van der Waals surface area contributed by atoms with Gasteiger partial charge in [0.1, 0.15) is 5.82 Å². The number of halogens is 1. The summed E-state index contributed by atoms with van der Waals surface area (Å²) in [6.07, 6.45) is 2.46. The first-order valence-electron chi connectivity index (χ1n) is 12.2. The van der Waals surface area contributed by atoms with Gasteiger partial charge in [-0.05, 0) is 79.1 Å². The van der Waals surface area contributed by atoms with Crippen molar-refractivity contribution in [1.29, 1.82) is 0 Å². The quantitative estimate of drug-likeness (QED) is 0.180. The monoisotopic (exact) mass is 534 g/mol. The van der Waals surface area contributed by atoms with E-state index in [1.165, 1.54) is 18.2 Å². The molecule has 10 heteroatoms. The van der Waals surface area contributed by atoms with Crippen molar-refractivity contribution in [3.8, 4) is 0 Å². The lowest BCUT2D eigenvalue weighted by atomic mass is 10.1. The van der Waals surface area contributed by atoms with E-state index in [2.05, 4.69) is 15.8 Å². The highest BCUT2D eigenvalue weighted by atomic mass is 32.2. The normalized spacial score (nSPS) is 13.5. The molecule has 1 aliphatic rings. The van der Waals surface area contributed by atoms with Gasteiger partial charge in [-0.2, -0.15) is 5.10 Å². The van der Waals surface area contributed by atoms with E-state index in [9.17, 15) is 18.8 Å². The lowest BCUT2D eigenvalue weighted by molar-refractivity contribution is -0.112. The van der Waals surface area contributed by atoms with Crippen molar-refractivity contribution in [2.24, 2.45) is 5.10 Å². The number of aromatic carboxylic acids is 1. The van der Waals surface area contributed by atoms with Crippen molar-refractivity contribution in [3.05, 3.63) is 89.2 Å². The number of carboxylic acids is 1. The van der Waals surface area contributed by atoms with E-state index in [1.54, 1.807) is 34.9 Å². The third kappa shape index (κ3) is 6.57. The van der Waals surface area contributed by atoms with Gasteiger partial charge < -0.3 is 15.3 Å². The number of benzene rings is 3. The van der Waals surface area contributed by atoms with Crippen LogP contribution in [0.25, 0.3) is 0 Å². The highest BCUT2D eigenvalue weighted by molar-refractivity contribution is 7.99. The van der Waals surface area contributed by atoms with Crippen molar-refractivity contribution in [1.82, 2.24) is 5.43 Å². The Morgan fingerprint density at radius 2 is 1.87 bits per heavy atom. The van der Waals surface area contributed by atoms with E-state index in [4.69, 9.17) is 5.11 Å². The number of nitrogens with zero attached hydrogens (tertiary/aromatic N) is 2. The van der Waals surface area contributed by atoms with Crippen molar-refractivity contribution in [3.63, 3.8) is 0 Å². The minimum absolute atomic E-state index is 0.142. The van der Waals surface area contributed by atoms with Crippen LogP contribution in [-0.4, -0.2) is 41.0 Å². The van der Waals surface area contributed by atoms with E-state index < -0.39 is 17.8 Å². The lowest BCUT2D eigenvalue weighted by Gasteiger charge is -2.15. The number of hydrogen-bond acceptors (Lipinski definition) is 5. The number of anilines is 2. The van der Waals surface area contributed by atoms with Crippen molar-refractivity contribution < 1.29 is 23.9 Å². The number of hydrazone groups is 1. The molecule has 1 aliphatic heterocycles. The van der Waals surface area contributed by atoms with Crippen LogP contribution in [0.2, 0.25) is 0 Å². The van der Waals surface area contributed by atoms with Crippen LogP contribution in [-0.2, 0) is 11.2 Å². The highest BCUT2D eigenvalue weighted by Crippen LogP contribution is 2.33. The Morgan fingerprint density at radius 1 is 1.08 bits per heavy atom. The number of rotatable bonds is 10. The number of thioether (sulfide) groups is 1. The van der Waals surface area contributed by atoms with Crippen molar-refractivity contribution >= 4 is 46.8 Å². The van der Waals surface area contributed by atoms with Crippen LogP contribution in [0.1, 0.15) is 41.3 Å². The molecule has 8 nitrogen and oxygen atoms in total. The molecule has 3 aromatic carbocycles. The molecule has 0 saturated carbocycles. The second-order valence-electron chi connectivity index (χ2n) is 8.63. The fourth-order valence-corrected chi connectivity index (χ4v) is 4.94. The molecule has 0 fully saturated rings. The lowest BCUT2D eigenvalue weighted by Crippen LogP contribution is -2.33. The molecule has 0 atom stereocenters. The van der Waals surface area contributed by atoms with Crippen LogP contribution in [0, 0.1) is 5.82 Å². The molecule has 38 heavy (non-hydrogen) atoms. The molecule has 3 amide bonds. The number of aryl methyl sites for hydroxylation is 1. The maximum Gasteiger partial charge on any atom is 0.339 e. The molecular formula is C28H27FN4O4S. The highest BCUT2D eigenvalue weighted by Gasteiger charge is 2.34. The maximum absolute atomic E-state index is 13.4. The minimum atomic E-state index is -0.940. The van der Waals surface area contributed by atoms with Crippen LogP contribution in [0.15, 0.2) is 76.7 Å². The van der Waals surface area contributed by atoms with E-state index in [-0.39, 0.29) is 22.9 Å². The first-order valence-corrected chi connectivity index (χ1v) is 13.2. The Labute approximate surface area is 223 Å². The van der Waals surface area contributed by atoms with E-state index in [1.807, 2.05) is 37.3 Å². The fourth-order valence-electron chi connectivity index (χ4n) is 4.05. The van der Waals surface area contributed by atoms with Gasteiger partial charge in [0.05, 0.1) is 11.3 Å². The minimum Gasteiger partial charge on any atom is -0.478 e. The topological polar surface area (TPSA) is 111 Å². The van der Waals surface area contributed by atoms with Gasteiger partial charge in [0.25, 0.3) is 5.91 Å². The smallest absolute Gasteiger partial charge is 0.339 e. The van der Waals surface area contributed by atoms with Gasteiger partial charge in [-0.25, -0.2) is 19.4 Å². The van der Waals surface area contributed by atoms with Crippen molar-refractivity contribution in [2.75, 3.05) is 22.5 Å². The number of carbonyl (C=O) groups is 3. The molecule has 0 spiro atoms. The molecule has 3 aromatic rings. The standard InChI is InChI=1S/C28H27FN4O4S/c1-2-14-33-24-13-12-22(38-15-4-5-18-8-10-19(11-9-18)27(35)36)17-23(24)25(26(33)34)31-32-28(37)30-21-7-3-6-20(29)16-21/h3,6-13,16-17H,2,4-5,14-15H2,1H3,(H,35,36)(H2,30,32,37)/b31-25-. The van der Waals surface area contributed by atoms with Gasteiger partial charge in [-0.1, -0.05) is 25.1 Å². The molecular weight excluding hydrogens is 507 g/mol. The van der Waals surface area contributed by atoms with Gasteiger partial charge in [-0.15, -0.1) is 11.8 Å². The van der Waals surface area contributed by atoms with Crippen LogP contribution in [0.5, 0.6) is 0 Å². The first kappa shape index (κ1) is 26.9. The third-order valence-corrected chi connectivity index (χ3v) is 6.92. The number of fused-ring (bicyclic) bond motifs is 1. The van der Waals surface area contributed by atoms with Crippen LogP contribution in [0.4, 0.5) is 20.6 Å². The average Bonchev–Trinajstić information content (AvgIpc) is 3.15. The number of amides is 3. The second kappa shape index (κ2) is 12.4. The van der Waals surface area contributed by atoms with Gasteiger partial charge in [0.2, 0.25) is 0 Å². The summed E-state index contributed by atoms with van der Waals surface area (Å²) in [6, 6.07) is 17.4. The second-order valence-corrected chi connectivity index (χ2v) is 9.79. The van der Waals surface area contributed by atoms with Crippen LogP contribution >= 0.6 is 11.8 Å². The summed E-state index contributed by atoms with van der Waals surface area (Å²) in [4.78, 5) is 39.0. The van der Waals surface area contributed by atoms with Gasteiger partial charge in [0, 0.05) is 22.7 Å². The zero-order valence-electron chi connectivity index (χ0n) is 20.7. The molecule has 0 radical (unpaired) electrons. The van der Waals surface area contributed by atoms with E-state index >= 15 is 0 Å². The van der Waals surface area contributed by atoms with Crippen LogP contribution in [0.3, 0.4) is 0 Å². The Bertz CT molecular complexity index is 1380. The number of carboxylic acid groups (broad SMARTS) is 1. The SMILES string of the molecule is CCCN1C(=O)/C(=N\NC(=O)Nc2cccc(F)c2)c2cc(SCCCc3ccc(C(=O)O)cc3)ccc21. The molecule has 0 bridgehead atoms. The Hall–Kier alpha value is -4.18.